The highest BCUT2D eigenvalue weighted by atomic mass is 16.3. The van der Waals surface area contributed by atoms with Gasteiger partial charge in [0.15, 0.2) is 0 Å². The summed E-state index contributed by atoms with van der Waals surface area (Å²) in [6.45, 7) is 1.96. The van der Waals surface area contributed by atoms with Crippen LogP contribution in [0.4, 0.5) is 0 Å². The van der Waals surface area contributed by atoms with Crippen molar-refractivity contribution in [3.05, 3.63) is 78.4 Å². The van der Waals surface area contributed by atoms with Gasteiger partial charge < -0.3 is 15.0 Å². The van der Waals surface area contributed by atoms with E-state index >= 15 is 0 Å². The highest BCUT2D eigenvalue weighted by molar-refractivity contribution is 5.76. The molecule has 1 atom stereocenters. The molecule has 1 aromatic heterocycles. The number of phenols is 1. The second kappa shape index (κ2) is 7.66. The first-order valence-corrected chi connectivity index (χ1v) is 8.28. The standard InChI is InChI=1S/C20H21N3O2/c1-15(16-6-9-18(10-7-16)23-13-12-21-14-23)22-20(25)11-8-17-4-2-3-5-19(17)24/h2-7,9-10,12-15,24H,8,11H2,1H3,(H,22,25). The van der Waals surface area contributed by atoms with E-state index in [1.165, 1.54) is 0 Å². The Labute approximate surface area is 147 Å². The van der Waals surface area contributed by atoms with Crippen LogP contribution in [0.1, 0.15) is 30.5 Å². The highest BCUT2D eigenvalue weighted by Gasteiger charge is 2.11. The van der Waals surface area contributed by atoms with E-state index in [-0.39, 0.29) is 17.7 Å². The SMILES string of the molecule is CC(NC(=O)CCc1ccccc1O)c1ccc(-n2ccnc2)cc1. The molecule has 0 aliphatic rings. The van der Waals surface area contributed by atoms with E-state index in [0.29, 0.717) is 12.8 Å². The summed E-state index contributed by atoms with van der Waals surface area (Å²) in [7, 11) is 0. The Hall–Kier alpha value is -3.08. The van der Waals surface area contributed by atoms with Crippen molar-refractivity contribution in [2.45, 2.75) is 25.8 Å². The molecule has 0 fully saturated rings. The Bertz CT molecular complexity index is 826. The lowest BCUT2D eigenvalue weighted by atomic mass is 10.1. The number of para-hydroxylation sites is 1. The molecule has 2 N–H and O–H groups in total. The van der Waals surface area contributed by atoms with Crippen LogP contribution >= 0.6 is 0 Å². The number of aromatic hydroxyl groups is 1. The monoisotopic (exact) mass is 335 g/mol. The largest absolute Gasteiger partial charge is 0.508 e. The molecule has 0 saturated carbocycles. The molecule has 25 heavy (non-hydrogen) atoms. The molecule has 5 heteroatoms. The fourth-order valence-electron chi connectivity index (χ4n) is 2.71. The van der Waals surface area contributed by atoms with Gasteiger partial charge in [0.2, 0.25) is 5.91 Å². The number of carbonyl (C=O) groups excluding carboxylic acids is 1. The fraction of sp³-hybridized carbons (Fsp3) is 0.200. The predicted molar refractivity (Wildman–Crippen MR) is 96.5 cm³/mol. The van der Waals surface area contributed by atoms with Gasteiger partial charge in [-0.1, -0.05) is 30.3 Å². The third-order valence-electron chi connectivity index (χ3n) is 4.19. The van der Waals surface area contributed by atoms with Crippen LogP contribution in [0.25, 0.3) is 5.69 Å². The van der Waals surface area contributed by atoms with E-state index in [2.05, 4.69) is 10.3 Å². The number of rotatable bonds is 6. The number of phenolic OH excluding ortho intramolecular Hbond substituents is 1. The smallest absolute Gasteiger partial charge is 0.220 e. The summed E-state index contributed by atoms with van der Waals surface area (Å²) in [4.78, 5) is 16.2. The van der Waals surface area contributed by atoms with Crippen LogP contribution in [0.2, 0.25) is 0 Å². The van der Waals surface area contributed by atoms with E-state index in [0.717, 1.165) is 16.8 Å². The van der Waals surface area contributed by atoms with Gasteiger partial charge in [-0.3, -0.25) is 4.79 Å². The van der Waals surface area contributed by atoms with Gasteiger partial charge in [-0.25, -0.2) is 4.98 Å². The maximum atomic E-state index is 12.2. The van der Waals surface area contributed by atoms with Crippen molar-refractivity contribution >= 4 is 5.91 Å². The number of aromatic nitrogens is 2. The van der Waals surface area contributed by atoms with Crippen molar-refractivity contribution in [3.63, 3.8) is 0 Å². The molecule has 128 valence electrons. The summed E-state index contributed by atoms with van der Waals surface area (Å²) >= 11 is 0. The zero-order valence-corrected chi connectivity index (χ0v) is 14.1. The van der Waals surface area contributed by atoms with E-state index in [9.17, 15) is 9.90 Å². The van der Waals surface area contributed by atoms with Crippen LogP contribution in [0, 0.1) is 0 Å². The minimum atomic E-state index is -0.0753. The molecule has 1 unspecified atom stereocenters. The van der Waals surface area contributed by atoms with Crippen molar-refractivity contribution in [1.82, 2.24) is 14.9 Å². The van der Waals surface area contributed by atoms with Crippen LogP contribution in [0.5, 0.6) is 5.75 Å². The lowest BCUT2D eigenvalue weighted by Gasteiger charge is -2.15. The minimum absolute atomic E-state index is 0.0329. The Balaban J connectivity index is 1.55. The minimum Gasteiger partial charge on any atom is -0.508 e. The van der Waals surface area contributed by atoms with Crippen LogP contribution in [0.3, 0.4) is 0 Å². The van der Waals surface area contributed by atoms with Crippen LogP contribution in [-0.4, -0.2) is 20.6 Å². The van der Waals surface area contributed by atoms with Gasteiger partial charge in [-0.15, -0.1) is 0 Å². The maximum absolute atomic E-state index is 12.2. The van der Waals surface area contributed by atoms with Gasteiger partial charge in [0.05, 0.1) is 12.4 Å². The molecule has 3 aromatic rings. The topological polar surface area (TPSA) is 67.2 Å². The first-order valence-electron chi connectivity index (χ1n) is 8.28. The number of hydrogen-bond donors (Lipinski definition) is 2. The second-order valence-corrected chi connectivity index (χ2v) is 5.98. The predicted octanol–water partition coefficient (Wildman–Crippen LogP) is 3.39. The number of hydrogen-bond acceptors (Lipinski definition) is 3. The Kier molecular flexibility index (Phi) is 5.14. The van der Waals surface area contributed by atoms with E-state index in [1.807, 2.05) is 54.1 Å². The number of nitrogens with one attached hydrogen (secondary N) is 1. The van der Waals surface area contributed by atoms with Gasteiger partial charge in [0.1, 0.15) is 5.75 Å². The molecule has 5 nitrogen and oxygen atoms in total. The Morgan fingerprint density at radius 3 is 2.64 bits per heavy atom. The number of aryl methyl sites for hydroxylation is 1. The molecule has 3 rings (SSSR count). The molecule has 0 spiro atoms. The molecule has 2 aromatic carbocycles. The summed E-state index contributed by atoms with van der Waals surface area (Å²) in [5, 5.41) is 12.7. The summed E-state index contributed by atoms with van der Waals surface area (Å²) in [5.74, 6) is 0.202. The molecule has 0 aliphatic heterocycles. The first-order chi connectivity index (χ1) is 12.1. The van der Waals surface area contributed by atoms with E-state index in [4.69, 9.17) is 0 Å². The maximum Gasteiger partial charge on any atom is 0.220 e. The quantitative estimate of drug-likeness (QED) is 0.725. The number of amides is 1. The van der Waals surface area contributed by atoms with Gasteiger partial charge in [-0.2, -0.15) is 0 Å². The molecule has 1 amide bonds. The lowest BCUT2D eigenvalue weighted by Crippen LogP contribution is -2.26. The lowest BCUT2D eigenvalue weighted by molar-refractivity contribution is -0.121. The summed E-state index contributed by atoms with van der Waals surface area (Å²) in [6.07, 6.45) is 6.24. The fourth-order valence-corrected chi connectivity index (χ4v) is 2.71. The zero-order valence-electron chi connectivity index (χ0n) is 14.1. The van der Waals surface area contributed by atoms with Crippen molar-refractivity contribution in [2.75, 3.05) is 0 Å². The molecular weight excluding hydrogens is 314 g/mol. The van der Waals surface area contributed by atoms with Crippen molar-refractivity contribution < 1.29 is 9.90 Å². The number of nitrogens with zero attached hydrogens (tertiary/aromatic N) is 2. The molecule has 0 saturated heterocycles. The second-order valence-electron chi connectivity index (χ2n) is 5.98. The van der Waals surface area contributed by atoms with Crippen molar-refractivity contribution in [3.8, 4) is 11.4 Å². The van der Waals surface area contributed by atoms with E-state index in [1.54, 1.807) is 24.7 Å². The first kappa shape index (κ1) is 16.8. The molecule has 1 heterocycles. The summed E-state index contributed by atoms with van der Waals surface area (Å²) in [5.41, 5.74) is 2.86. The van der Waals surface area contributed by atoms with Crippen molar-refractivity contribution in [1.29, 1.82) is 0 Å². The van der Waals surface area contributed by atoms with Crippen LogP contribution < -0.4 is 5.32 Å². The van der Waals surface area contributed by atoms with Gasteiger partial charge in [-0.05, 0) is 42.7 Å². The zero-order chi connectivity index (χ0) is 17.6. The number of imidazole rings is 1. The van der Waals surface area contributed by atoms with Gasteiger partial charge in [0, 0.05) is 24.5 Å². The van der Waals surface area contributed by atoms with Crippen LogP contribution in [0.15, 0.2) is 67.3 Å². The van der Waals surface area contributed by atoms with E-state index < -0.39 is 0 Å². The molecule has 0 radical (unpaired) electrons. The highest BCUT2D eigenvalue weighted by Crippen LogP contribution is 2.18. The average Bonchev–Trinajstić information content (AvgIpc) is 3.16. The van der Waals surface area contributed by atoms with Crippen LogP contribution in [-0.2, 0) is 11.2 Å². The number of carbonyl (C=O) groups is 1. The Morgan fingerprint density at radius 1 is 1.20 bits per heavy atom. The Morgan fingerprint density at radius 2 is 1.96 bits per heavy atom. The molecular formula is C20H21N3O2. The number of benzene rings is 2. The third kappa shape index (κ3) is 4.26. The average molecular weight is 335 g/mol. The van der Waals surface area contributed by atoms with Gasteiger partial charge in [0.25, 0.3) is 0 Å². The molecule has 0 bridgehead atoms. The third-order valence-corrected chi connectivity index (χ3v) is 4.19. The normalized spacial score (nSPS) is 11.9. The molecule has 0 aliphatic carbocycles. The van der Waals surface area contributed by atoms with Gasteiger partial charge >= 0.3 is 0 Å². The van der Waals surface area contributed by atoms with Crippen molar-refractivity contribution in [2.24, 2.45) is 0 Å². The summed E-state index contributed by atoms with van der Waals surface area (Å²) in [6, 6.07) is 15.0. The summed E-state index contributed by atoms with van der Waals surface area (Å²) < 4.78 is 1.93.